The molecule has 3 rings (SSSR count). The summed E-state index contributed by atoms with van der Waals surface area (Å²) in [6.07, 6.45) is -2.49. The number of piperidine rings is 1. The first kappa shape index (κ1) is 22.3. The predicted octanol–water partition coefficient (Wildman–Crippen LogP) is 4.78. The Balaban J connectivity index is 1.63. The van der Waals surface area contributed by atoms with Gasteiger partial charge in [0.15, 0.2) is 5.90 Å². The minimum absolute atomic E-state index is 0.0426. The lowest BCUT2D eigenvalue weighted by molar-refractivity contribution is -0.187. The van der Waals surface area contributed by atoms with Gasteiger partial charge in [0.1, 0.15) is 5.92 Å². The van der Waals surface area contributed by atoms with Crippen LogP contribution in [-0.2, 0) is 9.53 Å². The second kappa shape index (κ2) is 8.04. The molecule has 2 fully saturated rings. The van der Waals surface area contributed by atoms with Crippen LogP contribution in [0.5, 0.6) is 0 Å². The number of alkyl halides is 3. The maximum Gasteiger partial charge on any atom is 0.400 e. The van der Waals surface area contributed by atoms with Gasteiger partial charge in [-0.1, -0.05) is 24.6 Å². The van der Waals surface area contributed by atoms with Crippen molar-refractivity contribution in [1.29, 1.82) is 10.8 Å². The van der Waals surface area contributed by atoms with Gasteiger partial charge in [0.25, 0.3) is 0 Å². The van der Waals surface area contributed by atoms with Gasteiger partial charge in [0.05, 0.1) is 0 Å². The van der Waals surface area contributed by atoms with Crippen molar-refractivity contribution in [2.24, 2.45) is 23.2 Å². The highest BCUT2D eigenvalue weighted by molar-refractivity contribution is 6.01. The van der Waals surface area contributed by atoms with Gasteiger partial charge >= 0.3 is 6.18 Å². The van der Waals surface area contributed by atoms with Crippen LogP contribution in [0.4, 0.5) is 13.2 Å². The fourth-order valence-corrected chi connectivity index (χ4v) is 4.45. The molecule has 8 heteroatoms. The van der Waals surface area contributed by atoms with Crippen molar-refractivity contribution >= 4 is 17.7 Å². The van der Waals surface area contributed by atoms with Crippen LogP contribution in [-0.4, -0.2) is 41.9 Å². The Hall–Kier alpha value is -2.38. The summed E-state index contributed by atoms with van der Waals surface area (Å²) in [6.45, 7) is 5.26. The number of nitrogens with one attached hydrogen (secondary N) is 2. The van der Waals surface area contributed by atoms with E-state index in [9.17, 15) is 18.0 Å². The highest BCUT2D eigenvalue weighted by Crippen LogP contribution is 2.57. The molecule has 1 aliphatic heterocycles. The summed E-state index contributed by atoms with van der Waals surface area (Å²) in [4.78, 5) is 13.5. The van der Waals surface area contributed by atoms with Gasteiger partial charge < -0.3 is 9.64 Å². The SMILES string of the molecule is Cc1ccc(C(=N)OC(=N)C2([C@H]3CCN(C(=O)[C@H](C)C(F)(F)F)C[C@H]3C)CC2)cc1. The van der Waals surface area contributed by atoms with E-state index < -0.39 is 23.4 Å². The molecule has 1 saturated carbocycles. The van der Waals surface area contributed by atoms with E-state index in [1.54, 1.807) is 12.1 Å². The molecule has 2 N–H and O–H groups in total. The molecule has 5 nitrogen and oxygen atoms in total. The molecule has 1 heterocycles. The number of nitrogens with zero attached hydrogens (tertiary/aromatic N) is 1. The minimum Gasteiger partial charge on any atom is -0.425 e. The number of ether oxygens (including phenoxy) is 1. The van der Waals surface area contributed by atoms with Crippen molar-refractivity contribution in [2.75, 3.05) is 13.1 Å². The number of carbonyl (C=O) groups excluding carboxylic acids is 1. The first-order chi connectivity index (χ1) is 14.0. The maximum absolute atomic E-state index is 12.9. The van der Waals surface area contributed by atoms with Gasteiger partial charge in [-0.2, -0.15) is 13.2 Å². The molecule has 1 aliphatic carbocycles. The zero-order valence-corrected chi connectivity index (χ0v) is 17.5. The standard InChI is InChI=1S/C22H28F3N3O2/c1-13-4-6-16(7-5-13)18(26)30-20(27)21(9-10-21)17-8-11-28(12-14(17)2)19(29)15(3)22(23,24)25/h4-7,14-15,17,26-27H,8-12H2,1-3H3/t14-,15+,17+/m1/s1. The van der Waals surface area contributed by atoms with Crippen LogP contribution in [0.3, 0.4) is 0 Å². The van der Waals surface area contributed by atoms with E-state index in [2.05, 4.69) is 0 Å². The Morgan fingerprint density at radius 3 is 2.33 bits per heavy atom. The average Bonchev–Trinajstić information content (AvgIpc) is 3.48. The molecule has 1 aromatic carbocycles. The Morgan fingerprint density at radius 1 is 1.23 bits per heavy atom. The number of benzene rings is 1. The molecule has 0 radical (unpaired) electrons. The Kier molecular flexibility index (Phi) is 5.98. The number of halogens is 3. The molecular weight excluding hydrogens is 395 g/mol. The predicted molar refractivity (Wildman–Crippen MR) is 108 cm³/mol. The summed E-state index contributed by atoms with van der Waals surface area (Å²) in [5.41, 5.74) is 1.17. The van der Waals surface area contributed by atoms with Crippen LogP contribution < -0.4 is 0 Å². The summed E-state index contributed by atoms with van der Waals surface area (Å²) in [6, 6.07) is 7.30. The number of hydrogen-bond acceptors (Lipinski definition) is 4. The summed E-state index contributed by atoms with van der Waals surface area (Å²) in [7, 11) is 0. The molecule has 0 unspecified atom stereocenters. The van der Waals surface area contributed by atoms with Crippen LogP contribution in [0.1, 0.15) is 44.2 Å². The Bertz CT molecular complexity index is 831. The van der Waals surface area contributed by atoms with E-state index in [1.165, 1.54) is 4.90 Å². The topological polar surface area (TPSA) is 77.2 Å². The van der Waals surface area contributed by atoms with E-state index in [1.807, 2.05) is 26.0 Å². The molecule has 2 aliphatic rings. The zero-order chi connectivity index (χ0) is 22.3. The summed E-state index contributed by atoms with van der Waals surface area (Å²) < 4.78 is 44.3. The van der Waals surface area contributed by atoms with Crippen molar-refractivity contribution < 1.29 is 22.7 Å². The third kappa shape index (κ3) is 4.37. The lowest BCUT2D eigenvalue weighted by Gasteiger charge is -2.41. The Morgan fingerprint density at radius 2 is 1.83 bits per heavy atom. The Labute approximate surface area is 174 Å². The van der Waals surface area contributed by atoms with E-state index in [0.717, 1.165) is 25.3 Å². The number of hydrogen-bond donors (Lipinski definition) is 2. The first-order valence-electron chi connectivity index (χ1n) is 10.2. The van der Waals surface area contributed by atoms with Crippen molar-refractivity contribution in [3.05, 3.63) is 35.4 Å². The normalized spacial score (nSPS) is 24.1. The number of carbonyl (C=O) groups is 1. The second-order valence-corrected chi connectivity index (χ2v) is 8.70. The maximum atomic E-state index is 12.9. The highest BCUT2D eigenvalue weighted by Gasteiger charge is 2.57. The van der Waals surface area contributed by atoms with Crippen molar-refractivity contribution in [1.82, 2.24) is 4.90 Å². The smallest absolute Gasteiger partial charge is 0.400 e. The lowest BCUT2D eigenvalue weighted by Crippen LogP contribution is -2.50. The third-order valence-corrected chi connectivity index (χ3v) is 6.55. The molecule has 30 heavy (non-hydrogen) atoms. The highest BCUT2D eigenvalue weighted by atomic mass is 19.4. The largest absolute Gasteiger partial charge is 0.425 e. The van der Waals surface area contributed by atoms with Crippen molar-refractivity contribution in [3.63, 3.8) is 0 Å². The van der Waals surface area contributed by atoms with Gasteiger partial charge in [-0.3, -0.25) is 15.6 Å². The zero-order valence-electron chi connectivity index (χ0n) is 17.5. The quantitative estimate of drug-likeness (QED) is 0.540. The fourth-order valence-electron chi connectivity index (χ4n) is 4.45. The van der Waals surface area contributed by atoms with Crippen molar-refractivity contribution in [2.45, 2.75) is 46.2 Å². The number of amides is 1. The summed E-state index contributed by atoms with van der Waals surface area (Å²) in [5.74, 6) is -2.93. The molecule has 1 amide bonds. The monoisotopic (exact) mass is 423 g/mol. The fraction of sp³-hybridized carbons (Fsp3) is 0.591. The first-order valence-corrected chi connectivity index (χ1v) is 10.2. The van der Waals surface area contributed by atoms with Gasteiger partial charge in [0, 0.05) is 24.1 Å². The lowest BCUT2D eigenvalue weighted by atomic mass is 9.74. The van der Waals surface area contributed by atoms with Crippen LogP contribution in [0.2, 0.25) is 0 Å². The van der Waals surface area contributed by atoms with E-state index in [0.29, 0.717) is 12.0 Å². The minimum atomic E-state index is -4.54. The summed E-state index contributed by atoms with van der Waals surface area (Å²) in [5, 5.41) is 16.7. The second-order valence-electron chi connectivity index (χ2n) is 8.70. The van der Waals surface area contributed by atoms with Gasteiger partial charge in [-0.05, 0) is 57.1 Å². The summed E-state index contributed by atoms with van der Waals surface area (Å²) >= 11 is 0. The van der Waals surface area contributed by atoms with Gasteiger partial charge in [-0.15, -0.1) is 0 Å². The van der Waals surface area contributed by atoms with Crippen LogP contribution in [0.25, 0.3) is 0 Å². The van der Waals surface area contributed by atoms with E-state index in [-0.39, 0.29) is 36.7 Å². The third-order valence-electron chi connectivity index (χ3n) is 6.55. The number of likely N-dealkylation sites (tertiary alicyclic amines) is 1. The molecule has 0 spiro atoms. The van der Waals surface area contributed by atoms with Crippen molar-refractivity contribution in [3.8, 4) is 0 Å². The van der Waals surface area contributed by atoms with Gasteiger partial charge in [-0.25, -0.2) is 0 Å². The average molecular weight is 423 g/mol. The van der Waals surface area contributed by atoms with E-state index in [4.69, 9.17) is 15.6 Å². The van der Waals surface area contributed by atoms with Gasteiger partial charge in [0.2, 0.25) is 11.8 Å². The molecule has 3 atom stereocenters. The molecule has 164 valence electrons. The van der Waals surface area contributed by atoms with Crippen LogP contribution in [0.15, 0.2) is 24.3 Å². The van der Waals surface area contributed by atoms with Crippen LogP contribution in [0, 0.1) is 40.9 Å². The molecule has 1 aromatic rings. The molecule has 0 bridgehead atoms. The number of rotatable bonds is 4. The molecule has 1 saturated heterocycles. The molecular formula is C22H28F3N3O2. The number of aryl methyl sites for hydroxylation is 1. The van der Waals surface area contributed by atoms with Crippen LogP contribution >= 0.6 is 0 Å². The molecule has 0 aromatic heterocycles. The van der Waals surface area contributed by atoms with E-state index >= 15 is 0 Å².